The number of rotatable bonds is 4. The third-order valence-corrected chi connectivity index (χ3v) is 4.71. The van der Waals surface area contributed by atoms with Gasteiger partial charge in [-0.15, -0.1) is 11.3 Å². The maximum Gasteiger partial charge on any atom is 0.0702 e. The zero-order valence-corrected chi connectivity index (χ0v) is 13.8. The van der Waals surface area contributed by atoms with Crippen molar-refractivity contribution in [2.24, 2.45) is 0 Å². The highest BCUT2D eigenvalue weighted by atomic mass is 79.9. The lowest BCUT2D eigenvalue weighted by atomic mass is 10.1. The first-order chi connectivity index (χ1) is 8.60. The Bertz CT molecular complexity index is 542. The van der Waals surface area contributed by atoms with Gasteiger partial charge in [-0.2, -0.15) is 0 Å². The molecule has 2 aromatic rings. The van der Waals surface area contributed by atoms with E-state index in [1.54, 1.807) is 11.3 Å². The molecule has 0 atom stereocenters. The van der Waals surface area contributed by atoms with Gasteiger partial charge in [0.1, 0.15) is 0 Å². The van der Waals surface area contributed by atoms with Crippen molar-refractivity contribution in [2.75, 3.05) is 11.9 Å². The number of hydrogen-bond acceptors (Lipinski definition) is 3. The van der Waals surface area contributed by atoms with E-state index in [4.69, 9.17) is 0 Å². The molecule has 0 amide bonds. The zero-order chi connectivity index (χ0) is 13.1. The van der Waals surface area contributed by atoms with Crippen LogP contribution in [0.25, 0.3) is 0 Å². The molecule has 0 bridgehead atoms. The fourth-order valence-electron chi connectivity index (χ4n) is 1.84. The lowest BCUT2D eigenvalue weighted by Crippen LogP contribution is -2.17. The molecule has 0 saturated carbocycles. The van der Waals surface area contributed by atoms with Crippen molar-refractivity contribution in [3.05, 3.63) is 49.0 Å². The SMILES string of the molecule is CN(Cc1csc(Br)c1)c1ccc(Br)cc1CO. The smallest absolute Gasteiger partial charge is 0.0702 e. The Hall–Kier alpha value is -0.360. The van der Waals surface area contributed by atoms with Crippen LogP contribution in [0.3, 0.4) is 0 Å². The molecule has 1 aromatic carbocycles. The first-order valence-electron chi connectivity index (χ1n) is 5.43. The van der Waals surface area contributed by atoms with E-state index in [2.05, 4.69) is 48.2 Å². The van der Waals surface area contributed by atoms with Gasteiger partial charge in [0, 0.05) is 29.3 Å². The summed E-state index contributed by atoms with van der Waals surface area (Å²) in [6.45, 7) is 0.878. The Labute approximate surface area is 128 Å². The molecule has 5 heteroatoms. The minimum absolute atomic E-state index is 0.0481. The van der Waals surface area contributed by atoms with E-state index in [1.165, 1.54) is 5.56 Å². The van der Waals surface area contributed by atoms with E-state index in [1.807, 2.05) is 25.2 Å². The number of nitrogens with zero attached hydrogens (tertiary/aromatic N) is 1. The van der Waals surface area contributed by atoms with Crippen LogP contribution in [0.2, 0.25) is 0 Å². The average molecular weight is 391 g/mol. The van der Waals surface area contributed by atoms with Gasteiger partial charge in [-0.1, -0.05) is 15.9 Å². The highest BCUT2D eigenvalue weighted by molar-refractivity contribution is 9.11. The van der Waals surface area contributed by atoms with E-state index in [0.717, 1.165) is 26.1 Å². The normalized spacial score (nSPS) is 10.7. The molecule has 96 valence electrons. The number of benzene rings is 1. The van der Waals surface area contributed by atoms with Crippen molar-refractivity contribution in [1.82, 2.24) is 0 Å². The molecule has 0 fully saturated rings. The first kappa shape index (κ1) is 14.1. The average Bonchev–Trinajstić information content (AvgIpc) is 2.74. The Morgan fingerprint density at radius 3 is 2.67 bits per heavy atom. The summed E-state index contributed by atoms with van der Waals surface area (Å²) in [6.07, 6.45) is 0. The largest absolute Gasteiger partial charge is 0.392 e. The minimum atomic E-state index is 0.0481. The number of halogens is 2. The lowest BCUT2D eigenvalue weighted by molar-refractivity contribution is 0.282. The summed E-state index contributed by atoms with van der Waals surface area (Å²) in [5, 5.41) is 11.5. The van der Waals surface area contributed by atoms with Gasteiger partial charge in [-0.3, -0.25) is 0 Å². The van der Waals surface area contributed by atoms with E-state index >= 15 is 0 Å². The van der Waals surface area contributed by atoms with E-state index in [9.17, 15) is 5.11 Å². The van der Waals surface area contributed by atoms with E-state index in [0.29, 0.717) is 0 Å². The summed E-state index contributed by atoms with van der Waals surface area (Å²) in [5.74, 6) is 0. The number of anilines is 1. The molecule has 1 heterocycles. The second kappa shape index (κ2) is 6.19. The van der Waals surface area contributed by atoms with Gasteiger partial charge in [0.2, 0.25) is 0 Å². The molecule has 1 N–H and O–H groups in total. The van der Waals surface area contributed by atoms with Crippen LogP contribution in [0, 0.1) is 0 Å². The van der Waals surface area contributed by atoms with Gasteiger partial charge in [0.25, 0.3) is 0 Å². The Kier molecular flexibility index (Phi) is 4.84. The highest BCUT2D eigenvalue weighted by Gasteiger charge is 2.09. The molecule has 2 rings (SSSR count). The van der Waals surface area contributed by atoms with Gasteiger partial charge in [-0.05, 0) is 51.1 Å². The Balaban J connectivity index is 2.20. The fourth-order valence-corrected chi connectivity index (χ4v) is 3.45. The van der Waals surface area contributed by atoms with Crippen molar-refractivity contribution in [2.45, 2.75) is 13.2 Å². The van der Waals surface area contributed by atoms with Gasteiger partial charge in [0.15, 0.2) is 0 Å². The summed E-state index contributed by atoms with van der Waals surface area (Å²) in [5.41, 5.74) is 3.25. The second-order valence-electron chi connectivity index (χ2n) is 4.05. The van der Waals surface area contributed by atoms with Crippen LogP contribution in [0.4, 0.5) is 5.69 Å². The molecule has 0 radical (unpaired) electrons. The molecule has 2 nitrogen and oxygen atoms in total. The summed E-state index contributed by atoms with van der Waals surface area (Å²) < 4.78 is 2.13. The second-order valence-corrected chi connectivity index (χ2v) is 7.25. The summed E-state index contributed by atoms with van der Waals surface area (Å²) >= 11 is 8.58. The van der Waals surface area contributed by atoms with Crippen molar-refractivity contribution in [1.29, 1.82) is 0 Å². The molecular weight excluding hydrogens is 378 g/mol. The molecular formula is C13H13Br2NOS. The summed E-state index contributed by atoms with van der Waals surface area (Å²) in [6, 6.07) is 8.10. The van der Waals surface area contributed by atoms with Crippen LogP contribution in [0.15, 0.2) is 37.9 Å². The number of hydrogen-bond donors (Lipinski definition) is 1. The van der Waals surface area contributed by atoms with Crippen molar-refractivity contribution < 1.29 is 5.11 Å². The lowest BCUT2D eigenvalue weighted by Gasteiger charge is -2.21. The number of aliphatic hydroxyl groups excluding tert-OH is 1. The molecule has 0 unspecified atom stereocenters. The van der Waals surface area contributed by atoms with Crippen molar-refractivity contribution >= 4 is 48.9 Å². The van der Waals surface area contributed by atoms with Crippen LogP contribution < -0.4 is 4.90 Å². The Morgan fingerprint density at radius 1 is 1.28 bits per heavy atom. The molecule has 0 saturated heterocycles. The van der Waals surface area contributed by atoms with E-state index < -0.39 is 0 Å². The van der Waals surface area contributed by atoms with Gasteiger partial charge < -0.3 is 10.0 Å². The molecule has 1 aromatic heterocycles. The fraction of sp³-hybridized carbons (Fsp3) is 0.231. The van der Waals surface area contributed by atoms with Gasteiger partial charge in [0.05, 0.1) is 10.4 Å². The number of aliphatic hydroxyl groups is 1. The van der Waals surface area contributed by atoms with Crippen LogP contribution in [-0.2, 0) is 13.2 Å². The van der Waals surface area contributed by atoms with Crippen molar-refractivity contribution in [3.63, 3.8) is 0 Å². The molecule has 0 aliphatic rings. The molecule has 18 heavy (non-hydrogen) atoms. The third kappa shape index (κ3) is 3.35. The first-order valence-corrected chi connectivity index (χ1v) is 7.90. The van der Waals surface area contributed by atoms with Crippen LogP contribution in [0.5, 0.6) is 0 Å². The van der Waals surface area contributed by atoms with Crippen LogP contribution in [0.1, 0.15) is 11.1 Å². The highest BCUT2D eigenvalue weighted by Crippen LogP contribution is 2.27. The maximum absolute atomic E-state index is 9.41. The predicted octanol–water partition coefficient (Wildman–Crippen LogP) is 4.40. The number of thiophene rings is 1. The third-order valence-electron chi connectivity index (χ3n) is 2.66. The van der Waals surface area contributed by atoms with Gasteiger partial charge >= 0.3 is 0 Å². The van der Waals surface area contributed by atoms with E-state index in [-0.39, 0.29) is 6.61 Å². The molecule has 0 spiro atoms. The van der Waals surface area contributed by atoms with Crippen LogP contribution >= 0.6 is 43.2 Å². The molecule has 0 aliphatic carbocycles. The van der Waals surface area contributed by atoms with Crippen LogP contribution in [-0.4, -0.2) is 12.2 Å². The zero-order valence-electron chi connectivity index (χ0n) is 9.86. The topological polar surface area (TPSA) is 23.5 Å². The van der Waals surface area contributed by atoms with Crippen molar-refractivity contribution in [3.8, 4) is 0 Å². The summed E-state index contributed by atoms with van der Waals surface area (Å²) in [7, 11) is 2.04. The molecule has 0 aliphatic heterocycles. The van der Waals surface area contributed by atoms with Gasteiger partial charge in [-0.25, -0.2) is 0 Å². The standard InChI is InChI=1S/C13H13Br2NOS/c1-16(6-9-4-13(15)18-8-9)12-3-2-11(14)5-10(12)7-17/h2-5,8,17H,6-7H2,1H3. The monoisotopic (exact) mass is 389 g/mol. The quantitative estimate of drug-likeness (QED) is 0.836. The Morgan fingerprint density at radius 2 is 2.06 bits per heavy atom. The predicted molar refractivity (Wildman–Crippen MR) is 84.2 cm³/mol. The summed E-state index contributed by atoms with van der Waals surface area (Å²) in [4.78, 5) is 2.15. The maximum atomic E-state index is 9.41. The minimum Gasteiger partial charge on any atom is -0.392 e.